The Morgan fingerprint density at radius 2 is 2.17 bits per heavy atom. The number of nitrogens with zero attached hydrogens (tertiary/aromatic N) is 1. The second-order valence-electron chi connectivity index (χ2n) is 5.90. The number of amides is 1. The first kappa shape index (κ1) is 14.6. The Labute approximate surface area is 136 Å². The average Bonchev–Trinajstić information content (AvgIpc) is 3.26. The summed E-state index contributed by atoms with van der Waals surface area (Å²) in [6.45, 7) is 0. The van der Waals surface area contributed by atoms with E-state index in [0.29, 0.717) is 27.9 Å². The Morgan fingerprint density at radius 3 is 2.87 bits per heavy atom. The highest BCUT2D eigenvalue weighted by Gasteiger charge is 2.39. The van der Waals surface area contributed by atoms with Crippen LogP contribution in [0, 0.1) is 5.82 Å². The minimum absolute atomic E-state index is 0.164. The predicted molar refractivity (Wildman–Crippen MR) is 84.4 cm³/mol. The third-order valence-corrected chi connectivity index (χ3v) is 5.20. The van der Waals surface area contributed by atoms with Crippen LogP contribution >= 0.6 is 11.3 Å². The van der Waals surface area contributed by atoms with Crippen LogP contribution in [0.5, 0.6) is 10.8 Å². The van der Waals surface area contributed by atoms with Crippen molar-refractivity contribution in [1.82, 2.24) is 15.6 Å². The summed E-state index contributed by atoms with van der Waals surface area (Å²) in [7, 11) is 0. The number of fused-ring (bicyclic) bond motifs is 2. The smallest absolute Gasteiger partial charge is 0.280 e. The quantitative estimate of drug-likeness (QED) is 0.903. The molecule has 1 amide bonds. The number of rotatable bonds is 4. The van der Waals surface area contributed by atoms with Crippen molar-refractivity contribution in [2.45, 2.75) is 37.4 Å². The summed E-state index contributed by atoms with van der Waals surface area (Å²) in [5, 5.41) is 7.43. The molecule has 0 spiro atoms. The van der Waals surface area contributed by atoms with Crippen LogP contribution in [-0.4, -0.2) is 29.0 Å². The van der Waals surface area contributed by atoms with Crippen LogP contribution < -0.4 is 15.4 Å². The summed E-state index contributed by atoms with van der Waals surface area (Å²) in [5.41, 5.74) is 0. The van der Waals surface area contributed by atoms with E-state index < -0.39 is 0 Å². The van der Waals surface area contributed by atoms with E-state index in [0.717, 1.165) is 12.8 Å². The molecule has 3 heterocycles. The van der Waals surface area contributed by atoms with Crippen LogP contribution in [0.1, 0.15) is 29.1 Å². The van der Waals surface area contributed by atoms with Gasteiger partial charge in [-0.1, -0.05) is 11.3 Å². The molecule has 2 bridgehead atoms. The zero-order valence-electron chi connectivity index (χ0n) is 12.3. The molecule has 0 unspecified atom stereocenters. The molecule has 0 saturated carbocycles. The first-order valence-electron chi connectivity index (χ1n) is 7.63. The number of thiazole rings is 1. The lowest BCUT2D eigenvalue weighted by atomic mass is 9.95. The molecule has 1 aromatic carbocycles. The van der Waals surface area contributed by atoms with Crippen LogP contribution in [0.25, 0.3) is 0 Å². The largest absolute Gasteiger partial charge is 0.445 e. The second kappa shape index (κ2) is 5.90. The molecule has 2 aliphatic rings. The van der Waals surface area contributed by atoms with Gasteiger partial charge in [-0.2, -0.15) is 0 Å². The Kier molecular flexibility index (Phi) is 3.74. The summed E-state index contributed by atoms with van der Waals surface area (Å²) in [6.07, 6.45) is 4.82. The van der Waals surface area contributed by atoms with Crippen molar-refractivity contribution in [1.29, 1.82) is 0 Å². The zero-order valence-corrected chi connectivity index (χ0v) is 13.1. The second-order valence-corrected chi connectivity index (χ2v) is 6.90. The summed E-state index contributed by atoms with van der Waals surface area (Å²) in [6, 6.07) is 6.84. The van der Waals surface area contributed by atoms with E-state index in [1.54, 1.807) is 0 Å². The van der Waals surface area contributed by atoms with Gasteiger partial charge >= 0.3 is 0 Å². The SMILES string of the molecule is O=C(N[C@@H]1C[C@H]2CC[C@@H]1N2)c1ncc(Oc2ccc(F)cc2)s1. The highest BCUT2D eigenvalue weighted by molar-refractivity contribution is 7.15. The normalized spacial score (nSPS) is 25.5. The van der Waals surface area contributed by atoms with Crippen molar-refractivity contribution in [3.05, 3.63) is 41.3 Å². The van der Waals surface area contributed by atoms with Crippen molar-refractivity contribution in [2.75, 3.05) is 0 Å². The first-order valence-corrected chi connectivity index (χ1v) is 8.45. The van der Waals surface area contributed by atoms with Crippen molar-refractivity contribution >= 4 is 17.2 Å². The number of hydrogen-bond donors (Lipinski definition) is 2. The van der Waals surface area contributed by atoms with Gasteiger partial charge in [0.2, 0.25) is 5.06 Å². The molecular formula is C16H16FN3O2S. The van der Waals surface area contributed by atoms with Gasteiger partial charge in [0.1, 0.15) is 11.6 Å². The minimum Gasteiger partial charge on any atom is -0.445 e. The fraction of sp³-hybridized carbons (Fsp3) is 0.375. The van der Waals surface area contributed by atoms with Gasteiger partial charge in [0.15, 0.2) is 5.01 Å². The Morgan fingerprint density at radius 1 is 1.35 bits per heavy atom. The lowest BCUT2D eigenvalue weighted by Gasteiger charge is -2.20. The van der Waals surface area contributed by atoms with Crippen LogP contribution in [-0.2, 0) is 0 Å². The number of carbonyl (C=O) groups excluding carboxylic acids is 1. The molecule has 2 saturated heterocycles. The number of aromatic nitrogens is 1. The molecule has 23 heavy (non-hydrogen) atoms. The third kappa shape index (κ3) is 3.07. The third-order valence-electron chi connectivity index (χ3n) is 4.33. The molecule has 4 rings (SSSR count). The van der Waals surface area contributed by atoms with Gasteiger partial charge in [0, 0.05) is 18.1 Å². The van der Waals surface area contributed by atoms with E-state index >= 15 is 0 Å². The molecule has 7 heteroatoms. The van der Waals surface area contributed by atoms with E-state index in [1.807, 2.05) is 0 Å². The molecular weight excluding hydrogens is 317 g/mol. The monoisotopic (exact) mass is 333 g/mol. The molecule has 0 aliphatic carbocycles. The molecule has 3 atom stereocenters. The maximum Gasteiger partial charge on any atom is 0.280 e. The van der Waals surface area contributed by atoms with Crippen molar-refractivity contribution < 1.29 is 13.9 Å². The van der Waals surface area contributed by atoms with E-state index in [9.17, 15) is 9.18 Å². The fourth-order valence-electron chi connectivity index (χ4n) is 3.24. The van der Waals surface area contributed by atoms with E-state index in [1.165, 1.54) is 48.2 Å². The van der Waals surface area contributed by atoms with Crippen molar-refractivity contribution in [3.63, 3.8) is 0 Å². The standard InChI is InChI=1S/C16H16FN3O2S/c17-9-1-4-11(5-2-9)22-14-8-18-16(23-14)15(21)20-13-7-10-3-6-12(13)19-10/h1-2,4-5,8,10,12-13,19H,3,6-7H2,(H,20,21)/t10-,12+,13-/m1/s1. The predicted octanol–water partition coefficient (Wildman–Crippen LogP) is 2.70. The van der Waals surface area contributed by atoms with E-state index in [-0.39, 0.29) is 17.8 Å². The molecule has 2 aliphatic heterocycles. The van der Waals surface area contributed by atoms with Gasteiger partial charge in [0.05, 0.1) is 6.20 Å². The van der Waals surface area contributed by atoms with Crippen LogP contribution in [0.3, 0.4) is 0 Å². The van der Waals surface area contributed by atoms with Gasteiger partial charge in [-0.15, -0.1) is 0 Å². The summed E-state index contributed by atoms with van der Waals surface area (Å²) >= 11 is 1.18. The van der Waals surface area contributed by atoms with E-state index in [4.69, 9.17) is 4.74 Å². The first-order chi connectivity index (χ1) is 11.2. The fourth-order valence-corrected chi connectivity index (χ4v) is 3.93. The number of carbonyl (C=O) groups is 1. The molecule has 2 aromatic rings. The van der Waals surface area contributed by atoms with Crippen molar-refractivity contribution in [3.8, 4) is 10.8 Å². The van der Waals surface area contributed by atoms with Gasteiger partial charge in [0.25, 0.3) is 5.91 Å². The molecule has 2 fully saturated rings. The van der Waals surface area contributed by atoms with Gasteiger partial charge in [-0.25, -0.2) is 9.37 Å². The lowest BCUT2D eigenvalue weighted by Crippen LogP contribution is -2.42. The summed E-state index contributed by atoms with van der Waals surface area (Å²) in [5.74, 6) is 0.0313. The molecule has 0 radical (unpaired) electrons. The average molecular weight is 333 g/mol. The van der Waals surface area contributed by atoms with Crippen LogP contribution in [0.15, 0.2) is 30.5 Å². The molecule has 1 aromatic heterocycles. The zero-order chi connectivity index (χ0) is 15.8. The van der Waals surface area contributed by atoms with Crippen LogP contribution in [0.2, 0.25) is 0 Å². The molecule has 5 nitrogen and oxygen atoms in total. The lowest BCUT2D eigenvalue weighted by molar-refractivity contribution is 0.0930. The van der Waals surface area contributed by atoms with Gasteiger partial charge in [-0.3, -0.25) is 4.79 Å². The Bertz CT molecular complexity index is 718. The maximum absolute atomic E-state index is 12.9. The van der Waals surface area contributed by atoms with Crippen molar-refractivity contribution in [2.24, 2.45) is 0 Å². The van der Waals surface area contributed by atoms with E-state index in [2.05, 4.69) is 15.6 Å². The number of halogens is 1. The number of benzene rings is 1. The topological polar surface area (TPSA) is 63.2 Å². The summed E-state index contributed by atoms with van der Waals surface area (Å²) < 4.78 is 18.5. The maximum atomic E-state index is 12.9. The molecule has 2 N–H and O–H groups in total. The highest BCUT2D eigenvalue weighted by atomic mass is 32.1. The minimum atomic E-state index is -0.318. The number of hydrogen-bond acceptors (Lipinski definition) is 5. The Balaban J connectivity index is 1.39. The summed E-state index contributed by atoms with van der Waals surface area (Å²) in [4.78, 5) is 16.4. The number of nitrogens with one attached hydrogen (secondary N) is 2. The van der Waals surface area contributed by atoms with Gasteiger partial charge in [-0.05, 0) is 43.5 Å². The number of ether oxygens (including phenoxy) is 1. The van der Waals surface area contributed by atoms with Gasteiger partial charge < -0.3 is 15.4 Å². The Hall–Kier alpha value is -1.99. The highest BCUT2D eigenvalue weighted by Crippen LogP contribution is 2.30. The molecule has 120 valence electrons. The van der Waals surface area contributed by atoms with Crippen LogP contribution in [0.4, 0.5) is 4.39 Å².